The number of carbonyl (C=O) groups excluding carboxylic acids is 1. The normalized spacial score (nSPS) is 14.3. The zero-order valence-corrected chi connectivity index (χ0v) is 28.1. The minimum atomic E-state index is -0.811. The lowest BCUT2D eigenvalue weighted by Crippen LogP contribution is -2.39. The number of carbonyl (C=O) groups is 1. The Labute approximate surface area is 284 Å². The average molecular weight is 690 g/mol. The molecule has 0 spiro atoms. The van der Waals surface area contributed by atoms with Gasteiger partial charge in [-0.15, -0.1) is 0 Å². The molecule has 0 bridgehead atoms. The average Bonchev–Trinajstić information content (AvgIpc) is 3.38. The maximum Gasteiger partial charge on any atom is 0.337 e. The molecule has 6 rings (SSSR count). The number of hydrogen-bond donors (Lipinski definition) is 0. The molecule has 47 heavy (non-hydrogen) atoms. The van der Waals surface area contributed by atoms with Gasteiger partial charge in [-0.1, -0.05) is 77.0 Å². The van der Waals surface area contributed by atoms with Crippen molar-refractivity contribution in [3.8, 4) is 17.2 Å². The van der Waals surface area contributed by atoms with Crippen LogP contribution in [0.1, 0.15) is 36.6 Å². The topological polar surface area (TPSA) is 88.4 Å². The first-order chi connectivity index (χ1) is 22.8. The first kappa shape index (κ1) is 32.4. The smallest absolute Gasteiger partial charge is 0.337 e. The maximum atomic E-state index is 14.0. The molecule has 0 unspecified atom stereocenters. The van der Waals surface area contributed by atoms with Crippen molar-refractivity contribution in [2.75, 3.05) is 20.3 Å². The summed E-state index contributed by atoms with van der Waals surface area (Å²) in [6.07, 6.45) is 3.13. The molecular formula is C36H30Cl2N2O6S. The molecule has 1 aliphatic heterocycles. The molecule has 0 saturated carbocycles. The van der Waals surface area contributed by atoms with Crippen LogP contribution in [0.3, 0.4) is 0 Å². The van der Waals surface area contributed by atoms with E-state index >= 15 is 0 Å². The number of fused-ring (bicyclic) bond motifs is 2. The van der Waals surface area contributed by atoms with Gasteiger partial charge in [-0.2, -0.15) is 0 Å². The Morgan fingerprint density at radius 3 is 2.36 bits per heavy atom. The van der Waals surface area contributed by atoms with Crippen molar-refractivity contribution in [3.05, 3.63) is 131 Å². The molecule has 8 nitrogen and oxygen atoms in total. The molecule has 240 valence electrons. The van der Waals surface area contributed by atoms with Gasteiger partial charge in [-0.25, -0.2) is 9.79 Å². The Morgan fingerprint density at radius 1 is 0.915 bits per heavy atom. The Hall–Kier alpha value is -4.57. The number of halogens is 2. The number of methoxy groups -OCH3 is 1. The second-order valence-electron chi connectivity index (χ2n) is 10.5. The van der Waals surface area contributed by atoms with E-state index in [2.05, 4.69) is 17.1 Å². The van der Waals surface area contributed by atoms with Gasteiger partial charge in [0.2, 0.25) is 0 Å². The predicted octanol–water partition coefficient (Wildman–Crippen LogP) is 6.85. The molecule has 1 atom stereocenters. The van der Waals surface area contributed by atoms with Crippen LogP contribution < -0.4 is 29.1 Å². The summed E-state index contributed by atoms with van der Waals surface area (Å²) >= 11 is 14.5. The Balaban J connectivity index is 1.35. The van der Waals surface area contributed by atoms with Crippen LogP contribution in [-0.2, 0) is 16.1 Å². The third kappa shape index (κ3) is 6.65. The van der Waals surface area contributed by atoms with Crippen molar-refractivity contribution in [1.29, 1.82) is 0 Å². The standard InChI is InChI=1S/C36H30Cl2N2O6S/c1-4-44-29-13-12-25(18-30(29)45-5-2)32-26(35(42)43-3)19-39-36-40(32)34(41)31(47-36)17-22-15-27(37)33(28(38)16-22)46-20-21-10-11-23-8-6-7-9-24(23)14-21/h6-19,32H,4-5,20H2,1-3H3/b31-17-/t32-/m0/s1. The second-order valence-corrected chi connectivity index (χ2v) is 12.4. The van der Waals surface area contributed by atoms with Crippen molar-refractivity contribution in [2.24, 2.45) is 4.99 Å². The van der Waals surface area contributed by atoms with Crippen molar-refractivity contribution < 1.29 is 23.7 Å². The summed E-state index contributed by atoms with van der Waals surface area (Å²) in [5, 5.41) is 2.87. The van der Waals surface area contributed by atoms with Crippen molar-refractivity contribution in [2.45, 2.75) is 26.5 Å². The molecular weight excluding hydrogens is 659 g/mol. The van der Waals surface area contributed by atoms with Gasteiger partial charge < -0.3 is 18.9 Å². The molecule has 0 saturated heterocycles. The molecule has 0 amide bonds. The van der Waals surface area contributed by atoms with E-state index in [4.69, 9.17) is 42.1 Å². The fraction of sp³-hybridized carbons (Fsp3) is 0.194. The number of aromatic nitrogens is 1. The number of benzene rings is 4. The first-order valence-corrected chi connectivity index (χ1v) is 16.5. The van der Waals surface area contributed by atoms with Crippen LogP contribution in [0.15, 0.2) is 94.4 Å². The molecule has 1 aliphatic rings. The minimum Gasteiger partial charge on any atom is -0.490 e. The van der Waals surface area contributed by atoms with E-state index in [-0.39, 0.29) is 17.7 Å². The quantitative estimate of drug-likeness (QED) is 0.149. The summed E-state index contributed by atoms with van der Waals surface area (Å²) in [6.45, 7) is 4.89. The van der Waals surface area contributed by atoms with E-state index in [0.717, 1.165) is 16.3 Å². The third-order valence-corrected chi connectivity index (χ3v) is 9.08. The Morgan fingerprint density at radius 2 is 1.64 bits per heavy atom. The minimum absolute atomic E-state index is 0.206. The van der Waals surface area contributed by atoms with Gasteiger partial charge in [0, 0.05) is 6.20 Å². The third-order valence-electron chi connectivity index (χ3n) is 7.52. The summed E-state index contributed by atoms with van der Waals surface area (Å²) in [7, 11) is 1.29. The Bertz CT molecular complexity index is 2180. The summed E-state index contributed by atoms with van der Waals surface area (Å²) < 4.78 is 24.5. The number of rotatable bonds is 10. The predicted molar refractivity (Wildman–Crippen MR) is 185 cm³/mol. The molecule has 5 aromatic rings. The fourth-order valence-electron chi connectivity index (χ4n) is 5.42. The molecule has 2 heterocycles. The molecule has 4 aromatic carbocycles. The lowest BCUT2D eigenvalue weighted by atomic mass is 9.97. The van der Waals surface area contributed by atoms with E-state index in [1.165, 1.54) is 29.2 Å². The molecule has 0 fully saturated rings. The molecule has 1 aromatic heterocycles. The van der Waals surface area contributed by atoms with Crippen LogP contribution in [0.2, 0.25) is 10.0 Å². The monoisotopic (exact) mass is 688 g/mol. The van der Waals surface area contributed by atoms with Crippen LogP contribution in [0, 0.1) is 0 Å². The van der Waals surface area contributed by atoms with Crippen molar-refractivity contribution in [1.82, 2.24) is 4.57 Å². The zero-order chi connectivity index (χ0) is 33.1. The summed E-state index contributed by atoms with van der Waals surface area (Å²) in [5.74, 6) is 0.816. The maximum absolute atomic E-state index is 14.0. The van der Waals surface area contributed by atoms with Crippen LogP contribution in [0.4, 0.5) is 0 Å². The lowest BCUT2D eigenvalue weighted by molar-refractivity contribution is -0.136. The van der Waals surface area contributed by atoms with Crippen LogP contribution >= 0.6 is 34.5 Å². The van der Waals surface area contributed by atoms with Crippen molar-refractivity contribution >= 4 is 57.4 Å². The van der Waals surface area contributed by atoms with E-state index in [1.54, 1.807) is 36.4 Å². The lowest BCUT2D eigenvalue weighted by Gasteiger charge is -2.23. The van der Waals surface area contributed by atoms with Gasteiger partial charge >= 0.3 is 5.97 Å². The highest BCUT2D eigenvalue weighted by atomic mass is 35.5. The summed E-state index contributed by atoms with van der Waals surface area (Å²) in [4.78, 5) is 31.7. The Kier molecular flexibility index (Phi) is 9.68. The van der Waals surface area contributed by atoms with Gasteiger partial charge in [-0.05, 0) is 77.7 Å². The number of hydrogen-bond acceptors (Lipinski definition) is 8. The van der Waals surface area contributed by atoms with E-state index in [1.807, 2.05) is 44.2 Å². The van der Waals surface area contributed by atoms with E-state index in [0.29, 0.717) is 61.0 Å². The highest BCUT2D eigenvalue weighted by molar-refractivity contribution is 7.07. The second kappa shape index (κ2) is 14.0. The highest BCUT2D eigenvalue weighted by Gasteiger charge is 2.31. The molecule has 0 N–H and O–H groups in total. The number of ether oxygens (including phenoxy) is 4. The van der Waals surface area contributed by atoms with Gasteiger partial charge in [0.15, 0.2) is 22.0 Å². The first-order valence-electron chi connectivity index (χ1n) is 14.9. The fourth-order valence-corrected chi connectivity index (χ4v) is 7.01. The van der Waals surface area contributed by atoms with Gasteiger partial charge in [0.25, 0.3) is 5.56 Å². The number of nitrogens with zero attached hydrogens (tertiary/aromatic N) is 2. The van der Waals surface area contributed by atoms with Crippen LogP contribution in [0.5, 0.6) is 17.2 Å². The molecule has 11 heteroatoms. The van der Waals surface area contributed by atoms with Crippen LogP contribution in [-0.4, -0.2) is 30.9 Å². The van der Waals surface area contributed by atoms with Gasteiger partial charge in [0.1, 0.15) is 6.61 Å². The molecule has 0 radical (unpaired) electrons. The largest absolute Gasteiger partial charge is 0.490 e. The van der Waals surface area contributed by atoms with Crippen LogP contribution in [0.25, 0.3) is 16.8 Å². The SMILES string of the molecule is CCOc1ccc([C@H]2C(C(=O)OC)=CN=c3s/c(=C\c4cc(Cl)c(OCc5ccc6ccccc6c5)c(Cl)c4)c(=O)n32)cc1OCC. The zero-order valence-electron chi connectivity index (χ0n) is 25.8. The highest BCUT2D eigenvalue weighted by Crippen LogP contribution is 2.36. The number of esters is 1. The number of thiazole rings is 1. The summed E-state index contributed by atoms with van der Waals surface area (Å²) in [5.41, 5.74) is 2.07. The van der Waals surface area contributed by atoms with E-state index in [9.17, 15) is 9.59 Å². The van der Waals surface area contributed by atoms with Crippen molar-refractivity contribution in [3.63, 3.8) is 0 Å². The summed E-state index contributed by atoms with van der Waals surface area (Å²) in [6, 6.07) is 22.1. The molecule has 0 aliphatic carbocycles. The van der Waals surface area contributed by atoms with Gasteiger partial charge in [-0.3, -0.25) is 9.36 Å². The van der Waals surface area contributed by atoms with Gasteiger partial charge in [0.05, 0.1) is 46.5 Å². The van der Waals surface area contributed by atoms with E-state index < -0.39 is 12.0 Å².